The number of anilines is 1. The number of ether oxygens (including phenoxy) is 2. The molecule has 1 saturated heterocycles. The minimum absolute atomic E-state index is 0.0353. The van der Waals surface area contributed by atoms with Gasteiger partial charge in [-0.1, -0.05) is 18.2 Å². The molecule has 5 rings (SSSR count). The topological polar surface area (TPSA) is 92.2 Å². The molecule has 1 unspecified atom stereocenters. The molecule has 1 atom stereocenters. The third kappa shape index (κ3) is 4.19. The second kappa shape index (κ2) is 9.13. The van der Waals surface area contributed by atoms with Gasteiger partial charge in [-0.15, -0.1) is 0 Å². The van der Waals surface area contributed by atoms with Gasteiger partial charge in [0.15, 0.2) is 11.5 Å². The smallest absolute Gasteiger partial charge is 0.295 e. The Morgan fingerprint density at radius 3 is 2.49 bits per heavy atom. The minimum Gasteiger partial charge on any atom is -0.507 e. The van der Waals surface area contributed by atoms with E-state index < -0.39 is 17.7 Å². The van der Waals surface area contributed by atoms with Crippen molar-refractivity contribution in [2.24, 2.45) is 0 Å². The standard InChI is InChI=1S/C27H25N3O5/c1-29(2)20-8-5-18(6-9-20)24-23(25(31)19-7-10-21-22(14-19)35-13-12-34-21)26(32)27(33)30(24)16-17-4-3-11-28-15-17/h3-11,14-15,24,31H,12-13,16H2,1-2H3/b25-23-. The molecule has 0 radical (unpaired) electrons. The number of Topliss-reactive ketones (excluding diaryl/α,β-unsaturated/α-hetero) is 1. The molecule has 35 heavy (non-hydrogen) atoms. The number of aromatic nitrogens is 1. The van der Waals surface area contributed by atoms with Gasteiger partial charge in [0.1, 0.15) is 19.0 Å². The van der Waals surface area contributed by atoms with Crippen molar-refractivity contribution in [3.8, 4) is 11.5 Å². The van der Waals surface area contributed by atoms with Gasteiger partial charge in [0.2, 0.25) is 0 Å². The molecule has 1 aromatic heterocycles. The molecule has 0 saturated carbocycles. The number of carbonyl (C=O) groups excluding carboxylic acids is 2. The summed E-state index contributed by atoms with van der Waals surface area (Å²) < 4.78 is 11.2. The van der Waals surface area contributed by atoms with Crippen LogP contribution >= 0.6 is 0 Å². The van der Waals surface area contributed by atoms with E-state index in [0.717, 1.165) is 16.8 Å². The number of aliphatic hydroxyl groups excluding tert-OH is 1. The predicted molar refractivity (Wildman–Crippen MR) is 130 cm³/mol. The van der Waals surface area contributed by atoms with Gasteiger partial charge in [-0.3, -0.25) is 14.6 Å². The van der Waals surface area contributed by atoms with E-state index in [2.05, 4.69) is 4.98 Å². The molecule has 2 aliphatic heterocycles. The molecular formula is C27H25N3O5. The molecule has 3 heterocycles. The number of likely N-dealkylation sites (tertiary alicyclic amines) is 1. The third-order valence-corrected chi connectivity index (χ3v) is 6.16. The van der Waals surface area contributed by atoms with Crippen LogP contribution in [-0.2, 0) is 16.1 Å². The van der Waals surface area contributed by atoms with Crippen LogP contribution in [0.15, 0.2) is 72.6 Å². The largest absolute Gasteiger partial charge is 0.507 e. The summed E-state index contributed by atoms with van der Waals surface area (Å²) in [7, 11) is 3.87. The predicted octanol–water partition coefficient (Wildman–Crippen LogP) is 3.54. The maximum atomic E-state index is 13.3. The molecule has 178 valence electrons. The number of ketones is 1. The first-order chi connectivity index (χ1) is 16.9. The summed E-state index contributed by atoms with van der Waals surface area (Å²) in [5.74, 6) is -0.606. The van der Waals surface area contributed by atoms with Crippen LogP contribution in [0.4, 0.5) is 5.69 Å². The average Bonchev–Trinajstić information content (AvgIpc) is 3.13. The zero-order chi connectivity index (χ0) is 24.5. The summed E-state index contributed by atoms with van der Waals surface area (Å²) in [6.45, 7) is 1.02. The summed E-state index contributed by atoms with van der Waals surface area (Å²) in [6.07, 6.45) is 3.31. The van der Waals surface area contributed by atoms with E-state index in [9.17, 15) is 14.7 Å². The molecule has 1 N–H and O–H groups in total. The van der Waals surface area contributed by atoms with Gasteiger partial charge in [0.05, 0.1) is 11.6 Å². The van der Waals surface area contributed by atoms with Gasteiger partial charge in [-0.05, 0) is 47.5 Å². The lowest BCUT2D eigenvalue weighted by Gasteiger charge is -2.26. The average molecular weight is 472 g/mol. The molecule has 0 aliphatic carbocycles. The van der Waals surface area contributed by atoms with E-state index in [1.54, 1.807) is 36.7 Å². The van der Waals surface area contributed by atoms with E-state index in [1.807, 2.05) is 49.3 Å². The highest BCUT2D eigenvalue weighted by molar-refractivity contribution is 6.46. The van der Waals surface area contributed by atoms with Gasteiger partial charge in [-0.25, -0.2) is 0 Å². The number of aliphatic hydroxyl groups is 1. The number of hydrogen-bond donors (Lipinski definition) is 1. The van der Waals surface area contributed by atoms with Crippen molar-refractivity contribution in [3.05, 3.63) is 89.3 Å². The number of carbonyl (C=O) groups is 2. The Balaban J connectivity index is 1.62. The van der Waals surface area contributed by atoms with Crippen LogP contribution in [-0.4, -0.2) is 54.0 Å². The molecular weight excluding hydrogens is 446 g/mol. The molecule has 8 heteroatoms. The van der Waals surface area contributed by atoms with Crippen LogP contribution in [0.2, 0.25) is 0 Å². The van der Waals surface area contributed by atoms with Crippen molar-refractivity contribution >= 4 is 23.1 Å². The van der Waals surface area contributed by atoms with Crippen molar-refractivity contribution in [2.75, 3.05) is 32.2 Å². The van der Waals surface area contributed by atoms with Crippen LogP contribution in [0.25, 0.3) is 5.76 Å². The maximum Gasteiger partial charge on any atom is 0.295 e. The van der Waals surface area contributed by atoms with Gasteiger partial charge >= 0.3 is 0 Å². The van der Waals surface area contributed by atoms with Crippen molar-refractivity contribution in [2.45, 2.75) is 12.6 Å². The number of nitrogens with zero attached hydrogens (tertiary/aromatic N) is 3. The summed E-state index contributed by atoms with van der Waals surface area (Å²) in [5.41, 5.74) is 2.89. The maximum absolute atomic E-state index is 13.3. The Morgan fingerprint density at radius 1 is 1.06 bits per heavy atom. The molecule has 1 amide bonds. The van der Waals surface area contributed by atoms with E-state index in [1.165, 1.54) is 4.90 Å². The van der Waals surface area contributed by atoms with Crippen molar-refractivity contribution in [1.29, 1.82) is 0 Å². The number of pyridine rings is 1. The lowest BCUT2D eigenvalue weighted by Crippen LogP contribution is -2.29. The normalized spacial score (nSPS) is 18.6. The molecule has 2 aromatic carbocycles. The zero-order valence-electron chi connectivity index (χ0n) is 19.5. The highest BCUT2D eigenvalue weighted by atomic mass is 16.6. The first kappa shape index (κ1) is 22.5. The molecule has 1 fully saturated rings. The number of benzene rings is 2. The summed E-state index contributed by atoms with van der Waals surface area (Å²) in [4.78, 5) is 34.1. The van der Waals surface area contributed by atoms with Crippen LogP contribution in [0.5, 0.6) is 11.5 Å². The summed E-state index contributed by atoms with van der Waals surface area (Å²) >= 11 is 0. The monoisotopic (exact) mass is 471 g/mol. The number of hydrogen-bond acceptors (Lipinski definition) is 7. The number of rotatable bonds is 5. The van der Waals surface area contributed by atoms with E-state index in [4.69, 9.17) is 9.47 Å². The number of fused-ring (bicyclic) bond motifs is 1. The van der Waals surface area contributed by atoms with E-state index in [-0.39, 0.29) is 17.9 Å². The Morgan fingerprint density at radius 2 is 1.80 bits per heavy atom. The third-order valence-electron chi connectivity index (χ3n) is 6.16. The Kier molecular flexibility index (Phi) is 5.86. The summed E-state index contributed by atoms with van der Waals surface area (Å²) in [5, 5.41) is 11.3. The Bertz CT molecular complexity index is 1300. The first-order valence-corrected chi connectivity index (χ1v) is 11.3. The van der Waals surface area contributed by atoms with E-state index >= 15 is 0 Å². The molecule has 8 nitrogen and oxygen atoms in total. The first-order valence-electron chi connectivity index (χ1n) is 11.3. The van der Waals surface area contributed by atoms with E-state index in [0.29, 0.717) is 30.3 Å². The minimum atomic E-state index is -0.764. The zero-order valence-corrected chi connectivity index (χ0v) is 19.5. The van der Waals surface area contributed by atoms with Gasteiger partial charge in [-0.2, -0.15) is 0 Å². The fourth-order valence-corrected chi connectivity index (χ4v) is 4.38. The highest BCUT2D eigenvalue weighted by Crippen LogP contribution is 2.42. The Labute approximate surface area is 203 Å². The van der Waals surface area contributed by atoms with Gasteiger partial charge in [0, 0.05) is 44.3 Å². The van der Waals surface area contributed by atoms with Crippen molar-refractivity contribution in [1.82, 2.24) is 9.88 Å². The highest BCUT2D eigenvalue weighted by Gasteiger charge is 2.46. The number of amides is 1. The lowest BCUT2D eigenvalue weighted by atomic mass is 9.94. The SMILES string of the molecule is CN(C)c1ccc(C2/C(=C(/O)c3ccc4c(c3)OCCO4)C(=O)C(=O)N2Cc2cccnc2)cc1. The molecule has 3 aromatic rings. The van der Waals surface area contributed by atoms with Crippen molar-refractivity contribution < 1.29 is 24.2 Å². The van der Waals surface area contributed by atoms with Gasteiger partial charge in [0.25, 0.3) is 11.7 Å². The second-order valence-corrected chi connectivity index (χ2v) is 8.63. The fourth-order valence-electron chi connectivity index (χ4n) is 4.38. The fraction of sp³-hybridized carbons (Fsp3) is 0.222. The second-order valence-electron chi connectivity index (χ2n) is 8.63. The molecule has 0 spiro atoms. The molecule has 2 aliphatic rings. The van der Waals surface area contributed by atoms with Crippen LogP contribution in [0, 0.1) is 0 Å². The quantitative estimate of drug-likeness (QED) is 0.346. The lowest BCUT2D eigenvalue weighted by molar-refractivity contribution is -0.140. The van der Waals surface area contributed by atoms with Crippen LogP contribution in [0.1, 0.15) is 22.7 Å². The van der Waals surface area contributed by atoms with Crippen molar-refractivity contribution in [3.63, 3.8) is 0 Å². The molecule has 0 bridgehead atoms. The van der Waals surface area contributed by atoms with Crippen LogP contribution in [0.3, 0.4) is 0 Å². The Hall–Kier alpha value is -4.33. The summed E-state index contributed by atoms with van der Waals surface area (Å²) in [6, 6.07) is 15.4. The van der Waals surface area contributed by atoms with Crippen LogP contribution < -0.4 is 14.4 Å². The van der Waals surface area contributed by atoms with Gasteiger partial charge < -0.3 is 24.4 Å².